The van der Waals surface area contributed by atoms with Gasteiger partial charge in [-0.1, -0.05) is 0 Å². The summed E-state index contributed by atoms with van der Waals surface area (Å²) in [6.45, 7) is 2.22. The van der Waals surface area contributed by atoms with Crippen LogP contribution >= 0.6 is 11.8 Å². The molecule has 0 bridgehead atoms. The van der Waals surface area contributed by atoms with Crippen LogP contribution in [0, 0.1) is 0 Å². The summed E-state index contributed by atoms with van der Waals surface area (Å²) in [6.07, 6.45) is 8.42. The van der Waals surface area contributed by atoms with Crippen molar-refractivity contribution in [1.82, 2.24) is 29.4 Å². The minimum atomic E-state index is 0.257. The highest BCUT2D eigenvalue weighted by molar-refractivity contribution is 7.98. The summed E-state index contributed by atoms with van der Waals surface area (Å²) in [5.41, 5.74) is 0. The molecule has 0 aliphatic carbocycles. The lowest BCUT2D eigenvalue weighted by Gasteiger charge is -2.32. The first-order valence-electron chi connectivity index (χ1n) is 8.31. The molecule has 1 fully saturated rings. The van der Waals surface area contributed by atoms with E-state index in [1.54, 1.807) is 18.0 Å². The molecular formula is C16H24N6OS. The number of amides is 1. The molecule has 1 saturated heterocycles. The summed E-state index contributed by atoms with van der Waals surface area (Å²) in [5.74, 6) is 3.27. The van der Waals surface area contributed by atoms with Gasteiger partial charge in [0, 0.05) is 50.6 Å². The van der Waals surface area contributed by atoms with Gasteiger partial charge in [-0.3, -0.25) is 9.48 Å². The van der Waals surface area contributed by atoms with Gasteiger partial charge in [-0.2, -0.15) is 16.9 Å². The third-order valence-electron chi connectivity index (χ3n) is 4.52. The molecule has 3 heterocycles. The van der Waals surface area contributed by atoms with Gasteiger partial charge in [0.1, 0.15) is 12.4 Å². The molecule has 24 heavy (non-hydrogen) atoms. The summed E-state index contributed by atoms with van der Waals surface area (Å²) >= 11 is 1.72. The fourth-order valence-corrected chi connectivity index (χ4v) is 3.55. The number of carbonyl (C=O) groups excluding carboxylic acids is 1. The molecule has 0 radical (unpaired) electrons. The van der Waals surface area contributed by atoms with E-state index in [4.69, 9.17) is 0 Å². The molecule has 0 aromatic carbocycles. The van der Waals surface area contributed by atoms with Gasteiger partial charge < -0.3 is 9.47 Å². The molecule has 1 atom stereocenters. The Morgan fingerprint density at radius 1 is 1.42 bits per heavy atom. The third-order valence-corrected chi connectivity index (χ3v) is 5.13. The Balaban J connectivity index is 1.67. The first-order chi connectivity index (χ1) is 11.7. The highest BCUT2D eigenvalue weighted by Crippen LogP contribution is 2.26. The van der Waals surface area contributed by atoms with Crippen molar-refractivity contribution in [2.75, 3.05) is 25.1 Å². The van der Waals surface area contributed by atoms with Gasteiger partial charge in [-0.05, 0) is 25.2 Å². The Morgan fingerprint density at radius 2 is 2.29 bits per heavy atom. The highest BCUT2D eigenvalue weighted by atomic mass is 32.2. The highest BCUT2D eigenvalue weighted by Gasteiger charge is 2.28. The van der Waals surface area contributed by atoms with E-state index >= 15 is 0 Å². The summed E-state index contributed by atoms with van der Waals surface area (Å²) < 4.78 is 3.90. The molecule has 8 heteroatoms. The zero-order valence-electron chi connectivity index (χ0n) is 14.3. The van der Waals surface area contributed by atoms with Crippen LogP contribution in [-0.4, -0.2) is 60.5 Å². The monoisotopic (exact) mass is 348 g/mol. The summed E-state index contributed by atoms with van der Waals surface area (Å²) in [4.78, 5) is 14.3. The topological polar surface area (TPSA) is 68.8 Å². The van der Waals surface area contributed by atoms with Crippen molar-refractivity contribution < 1.29 is 4.79 Å². The fraction of sp³-hybridized carbons (Fsp3) is 0.625. The lowest BCUT2D eigenvalue weighted by atomic mass is 9.97. The van der Waals surface area contributed by atoms with Crippen molar-refractivity contribution >= 4 is 17.7 Å². The van der Waals surface area contributed by atoms with Crippen molar-refractivity contribution in [1.29, 1.82) is 0 Å². The minimum Gasteiger partial charge on any atom is -0.342 e. The van der Waals surface area contributed by atoms with Crippen LogP contribution < -0.4 is 0 Å². The van der Waals surface area contributed by atoms with Gasteiger partial charge >= 0.3 is 0 Å². The number of thioether (sulfide) groups is 1. The van der Waals surface area contributed by atoms with Crippen LogP contribution in [0.3, 0.4) is 0 Å². The lowest BCUT2D eigenvalue weighted by molar-refractivity contribution is -0.132. The van der Waals surface area contributed by atoms with Crippen LogP contribution in [0.25, 0.3) is 0 Å². The average Bonchev–Trinajstić information content (AvgIpc) is 3.24. The van der Waals surface area contributed by atoms with Crippen LogP contribution in [0.5, 0.6) is 0 Å². The van der Waals surface area contributed by atoms with E-state index in [1.165, 1.54) is 0 Å². The van der Waals surface area contributed by atoms with E-state index in [-0.39, 0.29) is 11.8 Å². The predicted molar refractivity (Wildman–Crippen MR) is 93.9 cm³/mol. The maximum Gasteiger partial charge on any atom is 0.223 e. The molecule has 2 aromatic heterocycles. The molecule has 0 N–H and O–H groups in total. The molecule has 1 aliphatic heterocycles. The largest absolute Gasteiger partial charge is 0.342 e. The molecule has 1 unspecified atom stereocenters. The van der Waals surface area contributed by atoms with Crippen LogP contribution in [0.1, 0.15) is 36.8 Å². The maximum absolute atomic E-state index is 12.3. The Morgan fingerprint density at radius 3 is 3.04 bits per heavy atom. The van der Waals surface area contributed by atoms with Crippen molar-refractivity contribution in [2.45, 2.75) is 31.7 Å². The molecular weight excluding hydrogens is 324 g/mol. The third kappa shape index (κ3) is 3.80. The lowest BCUT2D eigenvalue weighted by Crippen LogP contribution is -2.39. The molecule has 0 saturated carbocycles. The van der Waals surface area contributed by atoms with Gasteiger partial charge in [0.05, 0.1) is 0 Å². The second kappa shape index (κ2) is 7.83. The van der Waals surface area contributed by atoms with Gasteiger partial charge in [-0.15, -0.1) is 10.2 Å². The average molecular weight is 348 g/mol. The molecule has 3 rings (SSSR count). The first kappa shape index (κ1) is 17.0. The Bertz CT molecular complexity index is 668. The molecule has 1 amide bonds. The number of hydrogen-bond acceptors (Lipinski definition) is 5. The number of nitrogens with zero attached hydrogens (tertiary/aromatic N) is 6. The van der Waals surface area contributed by atoms with E-state index < -0.39 is 0 Å². The number of carbonyl (C=O) groups is 1. The van der Waals surface area contributed by atoms with E-state index in [2.05, 4.69) is 19.9 Å². The van der Waals surface area contributed by atoms with Crippen molar-refractivity contribution in [3.63, 3.8) is 0 Å². The maximum atomic E-state index is 12.3. The Labute approximate surface area is 146 Å². The quantitative estimate of drug-likeness (QED) is 0.792. The van der Waals surface area contributed by atoms with E-state index in [1.807, 2.05) is 35.1 Å². The number of hydrogen-bond donors (Lipinski definition) is 0. The van der Waals surface area contributed by atoms with Gasteiger partial charge in [0.25, 0.3) is 0 Å². The second-order valence-electron chi connectivity index (χ2n) is 6.16. The second-order valence-corrected chi connectivity index (χ2v) is 7.14. The first-order valence-corrected chi connectivity index (χ1v) is 9.70. The van der Waals surface area contributed by atoms with Gasteiger partial charge in [0.2, 0.25) is 5.91 Å². The number of likely N-dealkylation sites (tertiary alicyclic amines) is 1. The minimum absolute atomic E-state index is 0.257. The smallest absolute Gasteiger partial charge is 0.223 e. The van der Waals surface area contributed by atoms with Crippen LogP contribution in [0.2, 0.25) is 0 Å². The van der Waals surface area contributed by atoms with E-state index in [0.717, 1.165) is 43.3 Å². The molecule has 1 aliphatic rings. The fourth-order valence-electron chi connectivity index (χ4n) is 3.17. The summed E-state index contributed by atoms with van der Waals surface area (Å²) in [7, 11) is 2.00. The van der Waals surface area contributed by atoms with Crippen LogP contribution in [-0.2, 0) is 18.4 Å². The van der Waals surface area contributed by atoms with Crippen molar-refractivity contribution in [2.24, 2.45) is 7.05 Å². The van der Waals surface area contributed by atoms with Crippen molar-refractivity contribution in [3.8, 4) is 0 Å². The number of rotatable bonds is 6. The van der Waals surface area contributed by atoms with E-state index in [9.17, 15) is 4.79 Å². The number of piperidine rings is 1. The zero-order valence-corrected chi connectivity index (χ0v) is 15.1. The predicted octanol–water partition coefficient (Wildman–Crippen LogP) is 1.52. The van der Waals surface area contributed by atoms with Gasteiger partial charge in [-0.25, -0.2) is 0 Å². The Kier molecular flexibility index (Phi) is 5.55. The normalized spacial score (nSPS) is 18.1. The molecule has 2 aromatic rings. The Hall–Kier alpha value is -1.83. The van der Waals surface area contributed by atoms with Crippen molar-refractivity contribution in [3.05, 3.63) is 30.1 Å². The standard InChI is InChI=1S/C16H24N6OS/c1-20-14(12-22-9-4-7-17-22)18-19-16(20)13-5-3-8-21(11-13)15(23)6-10-24-2/h4,7,9,13H,3,5-6,8,10-12H2,1-2H3. The molecule has 7 nitrogen and oxygen atoms in total. The summed E-state index contributed by atoms with van der Waals surface area (Å²) in [5, 5.41) is 13.0. The molecule has 130 valence electrons. The molecule has 0 spiro atoms. The summed E-state index contributed by atoms with van der Waals surface area (Å²) in [6, 6.07) is 1.90. The van der Waals surface area contributed by atoms with Gasteiger partial charge in [0.15, 0.2) is 5.82 Å². The van der Waals surface area contributed by atoms with E-state index in [0.29, 0.717) is 13.0 Å². The van der Waals surface area contributed by atoms with Crippen LogP contribution in [0.15, 0.2) is 18.5 Å². The van der Waals surface area contributed by atoms with Crippen LogP contribution in [0.4, 0.5) is 0 Å². The SMILES string of the molecule is CSCCC(=O)N1CCCC(c2nnc(Cn3cccn3)n2C)C1. The number of aromatic nitrogens is 5. The zero-order chi connectivity index (χ0) is 16.9.